The van der Waals surface area contributed by atoms with Gasteiger partial charge in [-0.3, -0.25) is 18.6 Å². The molecule has 10 nitrogen and oxygen atoms in total. The normalized spacial score (nSPS) is 17.7. The molecule has 1 fully saturated rings. The fraction of sp³-hybridized carbons (Fsp3) is 0.721. The first-order chi connectivity index (χ1) is 26.3. The van der Waals surface area contributed by atoms with Crippen molar-refractivity contribution in [2.45, 2.75) is 173 Å². The molecule has 4 atom stereocenters. The number of ether oxygens (including phenoxy) is 3. The molecule has 0 amide bonds. The van der Waals surface area contributed by atoms with Gasteiger partial charge in [-0.05, 0) is 77.0 Å². The predicted octanol–water partition coefficient (Wildman–Crippen LogP) is 10.7. The van der Waals surface area contributed by atoms with Crippen LogP contribution in [0.1, 0.15) is 155 Å². The van der Waals surface area contributed by atoms with E-state index in [0.29, 0.717) is 31.5 Å². The van der Waals surface area contributed by atoms with Gasteiger partial charge in [-0.15, -0.1) is 0 Å². The number of carbonyl (C=O) groups is 2. The Kier molecular flexibility index (Phi) is 32.3. The Balaban J connectivity index is 2.23. The van der Waals surface area contributed by atoms with Gasteiger partial charge in [0.25, 0.3) is 0 Å². The Labute approximate surface area is 327 Å². The highest BCUT2D eigenvalue weighted by Crippen LogP contribution is 2.43. The van der Waals surface area contributed by atoms with Gasteiger partial charge in [-0.2, -0.15) is 0 Å². The number of unbranched alkanes of at least 4 members (excludes halogenated alkanes) is 12. The van der Waals surface area contributed by atoms with Crippen molar-refractivity contribution in [3.8, 4) is 0 Å². The number of epoxide rings is 1. The smallest absolute Gasteiger partial charge is 0.462 e. The van der Waals surface area contributed by atoms with Crippen LogP contribution >= 0.6 is 7.82 Å². The van der Waals surface area contributed by atoms with Gasteiger partial charge in [0.2, 0.25) is 0 Å². The number of esters is 2. The highest BCUT2D eigenvalue weighted by molar-refractivity contribution is 7.47. The molecule has 0 bridgehead atoms. The van der Waals surface area contributed by atoms with Gasteiger partial charge in [0.05, 0.1) is 25.4 Å². The first-order valence-corrected chi connectivity index (χ1v) is 22.4. The number of allylic oxidation sites excluding steroid dienone is 9. The van der Waals surface area contributed by atoms with Crippen LogP contribution in [-0.2, 0) is 37.4 Å². The Hall–Kier alpha value is -2.33. The molecule has 1 heterocycles. The van der Waals surface area contributed by atoms with Crippen molar-refractivity contribution in [3.63, 3.8) is 0 Å². The Morgan fingerprint density at radius 2 is 1.20 bits per heavy atom. The lowest BCUT2D eigenvalue weighted by molar-refractivity contribution is -0.161. The van der Waals surface area contributed by atoms with E-state index in [1.165, 1.54) is 44.9 Å². The summed E-state index contributed by atoms with van der Waals surface area (Å²) in [5, 5.41) is 0. The number of hydrogen-bond acceptors (Lipinski definition) is 9. The second-order valence-corrected chi connectivity index (χ2v) is 15.3. The average molecular weight is 780 g/mol. The summed E-state index contributed by atoms with van der Waals surface area (Å²) in [5.74, 6) is -0.916. The van der Waals surface area contributed by atoms with Crippen LogP contribution in [0.25, 0.3) is 0 Å². The van der Waals surface area contributed by atoms with Gasteiger partial charge >= 0.3 is 19.8 Å². The molecule has 11 heteroatoms. The molecule has 4 unspecified atom stereocenters. The van der Waals surface area contributed by atoms with E-state index in [9.17, 15) is 19.0 Å². The molecule has 0 spiro atoms. The maximum atomic E-state index is 12.5. The van der Waals surface area contributed by atoms with Crippen LogP contribution in [0, 0.1) is 0 Å². The fourth-order valence-corrected chi connectivity index (χ4v) is 6.38. The van der Waals surface area contributed by atoms with Crippen molar-refractivity contribution in [3.05, 3.63) is 60.8 Å². The van der Waals surface area contributed by atoms with Crippen molar-refractivity contribution in [1.29, 1.82) is 0 Å². The summed E-state index contributed by atoms with van der Waals surface area (Å²) in [7, 11) is -4.40. The van der Waals surface area contributed by atoms with Crippen molar-refractivity contribution in [1.82, 2.24) is 0 Å². The molecule has 0 saturated carbocycles. The van der Waals surface area contributed by atoms with E-state index in [2.05, 4.69) is 68.5 Å². The zero-order valence-corrected chi connectivity index (χ0v) is 34.5. The minimum atomic E-state index is -4.40. The summed E-state index contributed by atoms with van der Waals surface area (Å²) in [6, 6.07) is 0. The molecular formula is C43H74NO9P. The van der Waals surface area contributed by atoms with E-state index in [4.69, 9.17) is 29.0 Å². The molecule has 0 aromatic carbocycles. The molecule has 1 rings (SSSR count). The van der Waals surface area contributed by atoms with Gasteiger partial charge in [0.15, 0.2) is 6.10 Å². The quantitative estimate of drug-likeness (QED) is 0.0205. The first kappa shape index (κ1) is 49.7. The number of rotatable bonds is 37. The van der Waals surface area contributed by atoms with E-state index < -0.39 is 32.5 Å². The summed E-state index contributed by atoms with van der Waals surface area (Å²) in [4.78, 5) is 34.8. The minimum Gasteiger partial charge on any atom is -0.462 e. The maximum absolute atomic E-state index is 12.5. The molecule has 1 saturated heterocycles. The molecule has 54 heavy (non-hydrogen) atoms. The van der Waals surface area contributed by atoms with Crippen LogP contribution in [0.3, 0.4) is 0 Å². The largest absolute Gasteiger partial charge is 0.472 e. The Morgan fingerprint density at radius 1 is 0.667 bits per heavy atom. The number of nitrogens with two attached hydrogens (primary N) is 1. The van der Waals surface area contributed by atoms with Gasteiger partial charge in [-0.1, -0.05) is 126 Å². The summed E-state index contributed by atoms with van der Waals surface area (Å²) >= 11 is 0. The van der Waals surface area contributed by atoms with Crippen LogP contribution in [-0.4, -0.2) is 61.5 Å². The Bertz CT molecular complexity index is 1140. The van der Waals surface area contributed by atoms with E-state index in [1.54, 1.807) is 0 Å². The lowest BCUT2D eigenvalue weighted by Gasteiger charge is -2.19. The molecule has 0 aromatic heterocycles. The van der Waals surface area contributed by atoms with Crippen LogP contribution in [0.4, 0.5) is 0 Å². The third-order valence-corrected chi connectivity index (χ3v) is 9.84. The fourth-order valence-electron chi connectivity index (χ4n) is 5.61. The van der Waals surface area contributed by atoms with Gasteiger partial charge in [0, 0.05) is 19.4 Å². The highest BCUT2D eigenvalue weighted by atomic mass is 31.2. The summed E-state index contributed by atoms with van der Waals surface area (Å²) in [6.45, 7) is 3.53. The lowest BCUT2D eigenvalue weighted by Crippen LogP contribution is -2.29. The molecule has 310 valence electrons. The van der Waals surface area contributed by atoms with E-state index in [-0.39, 0.29) is 32.6 Å². The number of phosphoric acid groups is 1. The molecule has 3 N–H and O–H groups in total. The van der Waals surface area contributed by atoms with Crippen molar-refractivity contribution in [2.75, 3.05) is 26.4 Å². The molecule has 0 aliphatic carbocycles. The highest BCUT2D eigenvalue weighted by Gasteiger charge is 2.35. The number of carbonyl (C=O) groups excluding carboxylic acids is 2. The molecule has 1 aliphatic rings. The summed E-state index contributed by atoms with van der Waals surface area (Å²) in [5.41, 5.74) is 5.34. The van der Waals surface area contributed by atoms with Crippen LogP contribution in [0.15, 0.2) is 60.8 Å². The van der Waals surface area contributed by atoms with E-state index >= 15 is 0 Å². The summed E-state index contributed by atoms with van der Waals surface area (Å²) in [6.07, 6.45) is 43.1. The second kappa shape index (κ2) is 35.1. The molecule has 0 aromatic rings. The molecule has 0 radical (unpaired) electrons. The zero-order chi connectivity index (χ0) is 39.4. The Morgan fingerprint density at radius 3 is 1.81 bits per heavy atom. The van der Waals surface area contributed by atoms with Crippen LogP contribution < -0.4 is 5.73 Å². The third-order valence-electron chi connectivity index (χ3n) is 8.86. The zero-order valence-electron chi connectivity index (χ0n) is 33.6. The van der Waals surface area contributed by atoms with Crippen molar-refractivity contribution in [2.24, 2.45) is 5.73 Å². The molecular weight excluding hydrogens is 705 g/mol. The predicted molar refractivity (Wildman–Crippen MR) is 219 cm³/mol. The maximum Gasteiger partial charge on any atom is 0.472 e. The minimum absolute atomic E-state index is 0.0390. The number of phosphoric ester groups is 1. The topological polar surface area (TPSA) is 147 Å². The lowest BCUT2D eigenvalue weighted by atomic mass is 10.1. The second-order valence-electron chi connectivity index (χ2n) is 13.9. The standard InChI is InChI=1S/C43H74NO9P/c1-3-5-6-7-8-9-10-11-12-15-18-21-24-27-30-33-42(45)49-37-39(38-51-54(47,48)50-36-35-44)52-43(46)34-31-28-25-22-19-16-13-14-17-20-23-26-29-32-41-40(4-2)53-41/h11-13,16-17,20,22,25-26,29,39-41H,3-10,14-15,18-19,21,23-24,27-28,30-38,44H2,1-2H3,(H,47,48). The average Bonchev–Trinajstić information content (AvgIpc) is 3.93. The van der Waals surface area contributed by atoms with Crippen molar-refractivity contribution >= 4 is 19.8 Å². The van der Waals surface area contributed by atoms with Gasteiger partial charge in [-0.25, -0.2) is 4.57 Å². The monoisotopic (exact) mass is 780 g/mol. The van der Waals surface area contributed by atoms with Crippen LogP contribution in [0.5, 0.6) is 0 Å². The van der Waals surface area contributed by atoms with Crippen molar-refractivity contribution < 1.29 is 42.3 Å². The summed E-state index contributed by atoms with van der Waals surface area (Å²) < 4.78 is 38.2. The van der Waals surface area contributed by atoms with Crippen LogP contribution in [0.2, 0.25) is 0 Å². The molecule has 1 aliphatic heterocycles. The number of hydrogen-bond donors (Lipinski definition) is 2. The van der Waals surface area contributed by atoms with Gasteiger partial charge < -0.3 is 24.8 Å². The SMILES string of the molecule is CCCCCCCCC=CCCCCCCCC(=O)OCC(COP(=O)(O)OCCN)OC(=O)CCCC=CCC=CCC=CCC=CCC1OC1CC. The van der Waals surface area contributed by atoms with E-state index in [0.717, 1.165) is 64.2 Å². The van der Waals surface area contributed by atoms with E-state index in [1.807, 2.05) is 6.08 Å². The van der Waals surface area contributed by atoms with Gasteiger partial charge in [0.1, 0.15) is 6.61 Å². The third kappa shape index (κ3) is 32.0. The first-order valence-electron chi connectivity index (χ1n) is 20.9.